The van der Waals surface area contributed by atoms with Gasteiger partial charge >= 0.3 is 0 Å². The third kappa shape index (κ3) is 2.62. The van der Waals surface area contributed by atoms with Gasteiger partial charge in [0.1, 0.15) is 11.5 Å². The zero-order valence-corrected chi connectivity index (χ0v) is 11.2. The molecule has 1 saturated carbocycles. The molecule has 18 heavy (non-hydrogen) atoms. The van der Waals surface area contributed by atoms with E-state index in [0.29, 0.717) is 0 Å². The highest BCUT2D eigenvalue weighted by Gasteiger charge is 2.30. The molecule has 0 atom stereocenters. The van der Waals surface area contributed by atoms with Crippen LogP contribution in [0.25, 0.3) is 0 Å². The Labute approximate surface area is 112 Å². The van der Waals surface area contributed by atoms with E-state index >= 15 is 0 Å². The van der Waals surface area contributed by atoms with Crippen molar-refractivity contribution in [2.75, 3.05) is 12.4 Å². The maximum atomic E-state index is 13.4. The predicted molar refractivity (Wildman–Crippen MR) is 68.2 cm³/mol. The van der Waals surface area contributed by atoms with Gasteiger partial charge in [-0.1, -0.05) is 0 Å². The third-order valence-corrected chi connectivity index (χ3v) is 3.63. The van der Waals surface area contributed by atoms with Crippen molar-refractivity contribution in [1.82, 2.24) is 0 Å². The summed E-state index contributed by atoms with van der Waals surface area (Å²) < 4.78 is 18.6. The van der Waals surface area contributed by atoms with Gasteiger partial charge in [-0.25, -0.2) is 4.39 Å². The lowest BCUT2D eigenvalue weighted by molar-refractivity contribution is -0.384. The van der Waals surface area contributed by atoms with Crippen molar-refractivity contribution in [3.05, 3.63) is 32.5 Å². The second-order valence-corrected chi connectivity index (χ2v) is 5.07. The number of nitro groups is 1. The summed E-state index contributed by atoms with van der Waals surface area (Å²) in [7, 11) is 1.63. The first kappa shape index (κ1) is 13.2. The van der Waals surface area contributed by atoms with Gasteiger partial charge in [-0.3, -0.25) is 10.1 Å². The molecule has 1 aromatic rings. The van der Waals surface area contributed by atoms with Gasteiger partial charge in [-0.15, -0.1) is 0 Å². The predicted octanol–water partition coefficient (Wildman–Crippen LogP) is 3.09. The van der Waals surface area contributed by atoms with Crippen molar-refractivity contribution in [2.45, 2.75) is 25.0 Å². The fraction of sp³-hybridized carbons (Fsp3) is 0.455. The monoisotopic (exact) mass is 318 g/mol. The quantitative estimate of drug-likeness (QED) is 0.684. The van der Waals surface area contributed by atoms with Crippen LogP contribution in [-0.2, 0) is 4.74 Å². The standard InChI is InChI=1S/C11H12BrFN2O3/c1-18-7-2-6(3-7)14-10-5-9(13)8(12)4-11(10)15(16)17/h4-7,14H,2-3H2,1H3. The first-order valence-electron chi connectivity index (χ1n) is 5.44. The highest BCUT2D eigenvalue weighted by atomic mass is 79.9. The van der Waals surface area contributed by atoms with Gasteiger partial charge in [-0.05, 0) is 28.8 Å². The van der Waals surface area contributed by atoms with Gasteiger partial charge < -0.3 is 10.1 Å². The molecule has 0 aliphatic heterocycles. The Morgan fingerprint density at radius 3 is 2.78 bits per heavy atom. The van der Waals surface area contributed by atoms with E-state index in [1.807, 2.05) is 0 Å². The molecular formula is C11H12BrFN2O3. The van der Waals surface area contributed by atoms with Crippen LogP contribution >= 0.6 is 15.9 Å². The summed E-state index contributed by atoms with van der Waals surface area (Å²) >= 11 is 2.94. The number of ether oxygens (including phenoxy) is 1. The lowest BCUT2D eigenvalue weighted by atomic mass is 9.89. The summed E-state index contributed by atoms with van der Waals surface area (Å²) in [4.78, 5) is 10.4. The van der Waals surface area contributed by atoms with E-state index in [9.17, 15) is 14.5 Å². The van der Waals surface area contributed by atoms with E-state index in [-0.39, 0.29) is 28.0 Å². The molecule has 1 aromatic carbocycles. The molecule has 0 unspecified atom stereocenters. The second kappa shape index (κ2) is 5.19. The van der Waals surface area contributed by atoms with Crippen molar-refractivity contribution >= 4 is 27.3 Å². The molecule has 1 aliphatic rings. The molecule has 7 heteroatoms. The maximum absolute atomic E-state index is 13.4. The van der Waals surface area contributed by atoms with Crippen LogP contribution in [0.4, 0.5) is 15.8 Å². The highest BCUT2D eigenvalue weighted by Crippen LogP contribution is 2.34. The highest BCUT2D eigenvalue weighted by molar-refractivity contribution is 9.10. The number of nitrogens with one attached hydrogen (secondary N) is 1. The Morgan fingerprint density at radius 1 is 1.56 bits per heavy atom. The molecule has 98 valence electrons. The van der Waals surface area contributed by atoms with Gasteiger partial charge in [0.2, 0.25) is 0 Å². The summed E-state index contributed by atoms with van der Waals surface area (Å²) in [5.74, 6) is -0.522. The van der Waals surface area contributed by atoms with Crippen LogP contribution in [0.2, 0.25) is 0 Å². The number of nitrogens with zero attached hydrogens (tertiary/aromatic N) is 1. The Morgan fingerprint density at radius 2 is 2.22 bits per heavy atom. The minimum Gasteiger partial charge on any atom is -0.381 e. The van der Waals surface area contributed by atoms with E-state index < -0.39 is 10.7 Å². The molecule has 0 heterocycles. The normalized spacial score (nSPS) is 22.4. The summed E-state index contributed by atoms with van der Waals surface area (Å²) in [6.45, 7) is 0. The lowest BCUT2D eigenvalue weighted by Crippen LogP contribution is -2.40. The molecule has 2 rings (SSSR count). The zero-order valence-electron chi connectivity index (χ0n) is 9.65. The largest absolute Gasteiger partial charge is 0.381 e. The molecule has 1 fully saturated rings. The minimum atomic E-state index is -0.529. The Kier molecular flexibility index (Phi) is 3.82. The smallest absolute Gasteiger partial charge is 0.293 e. The topological polar surface area (TPSA) is 64.4 Å². The summed E-state index contributed by atoms with van der Waals surface area (Å²) in [5.41, 5.74) is 0.0735. The Balaban J connectivity index is 2.16. The first-order chi connectivity index (χ1) is 8.51. The molecule has 0 saturated heterocycles. The molecular weight excluding hydrogens is 307 g/mol. The minimum absolute atomic E-state index is 0.0862. The molecule has 1 N–H and O–H groups in total. The van der Waals surface area contributed by atoms with Gasteiger partial charge in [0.05, 0.1) is 15.5 Å². The van der Waals surface area contributed by atoms with Crippen LogP contribution in [0, 0.1) is 15.9 Å². The average Bonchev–Trinajstić information content (AvgIpc) is 2.26. The zero-order chi connectivity index (χ0) is 13.3. The van der Waals surface area contributed by atoms with E-state index in [2.05, 4.69) is 21.2 Å². The summed E-state index contributed by atoms with van der Waals surface area (Å²) in [5, 5.41) is 13.9. The number of anilines is 1. The molecule has 0 aromatic heterocycles. The van der Waals surface area contributed by atoms with Crippen LogP contribution in [0.1, 0.15) is 12.8 Å². The van der Waals surface area contributed by atoms with Gasteiger partial charge in [0.15, 0.2) is 0 Å². The first-order valence-corrected chi connectivity index (χ1v) is 6.23. The summed E-state index contributed by atoms with van der Waals surface area (Å²) in [6.07, 6.45) is 1.72. The third-order valence-electron chi connectivity index (χ3n) is 3.02. The van der Waals surface area contributed by atoms with Gasteiger partial charge in [0, 0.05) is 25.3 Å². The van der Waals surface area contributed by atoms with Crippen LogP contribution in [0.5, 0.6) is 0 Å². The Hall–Kier alpha value is -1.21. The molecule has 0 radical (unpaired) electrons. The van der Waals surface area contributed by atoms with Gasteiger partial charge in [0.25, 0.3) is 5.69 Å². The van der Waals surface area contributed by atoms with E-state index in [1.165, 1.54) is 6.07 Å². The molecule has 5 nitrogen and oxygen atoms in total. The number of hydrogen-bond donors (Lipinski definition) is 1. The lowest BCUT2D eigenvalue weighted by Gasteiger charge is -2.35. The number of methoxy groups -OCH3 is 1. The van der Waals surface area contributed by atoms with Crippen molar-refractivity contribution in [2.24, 2.45) is 0 Å². The maximum Gasteiger partial charge on any atom is 0.293 e. The van der Waals surface area contributed by atoms with E-state index in [0.717, 1.165) is 18.9 Å². The van der Waals surface area contributed by atoms with Crippen LogP contribution in [0.15, 0.2) is 16.6 Å². The average molecular weight is 319 g/mol. The number of benzene rings is 1. The second-order valence-electron chi connectivity index (χ2n) is 4.21. The molecule has 0 bridgehead atoms. The van der Waals surface area contributed by atoms with E-state index in [4.69, 9.17) is 4.74 Å². The molecule has 0 amide bonds. The van der Waals surface area contributed by atoms with Crippen molar-refractivity contribution in [1.29, 1.82) is 0 Å². The number of hydrogen-bond acceptors (Lipinski definition) is 4. The van der Waals surface area contributed by atoms with Crippen LogP contribution in [0.3, 0.4) is 0 Å². The molecule has 0 spiro atoms. The van der Waals surface area contributed by atoms with E-state index in [1.54, 1.807) is 7.11 Å². The summed E-state index contributed by atoms with van der Waals surface area (Å²) in [6, 6.07) is 2.40. The fourth-order valence-electron chi connectivity index (χ4n) is 1.90. The van der Waals surface area contributed by atoms with Crippen LogP contribution < -0.4 is 5.32 Å². The number of rotatable bonds is 4. The number of nitro benzene ring substituents is 1. The molecule has 1 aliphatic carbocycles. The van der Waals surface area contributed by atoms with Crippen molar-refractivity contribution in [3.8, 4) is 0 Å². The van der Waals surface area contributed by atoms with Crippen LogP contribution in [-0.4, -0.2) is 24.2 Å². The fourth-order valence-corrected chi connectivity index (χ4v) is 2.23. The Bertz CT molecular complexity index is 478. The van der Waals surface area contributed by atoms with Gasteiger partial charge in [-0.2, -0.15) is 0 Å². The van der Waals surface area contributed by atoms with Crippen molar-refractivity contribution < 1.29 is 14.1 Å². The van der Waals surface area contributed by atoms with Crippen molar-refractivity contribution in [3.63, 3.8) is 0 Å². The number of halogens is 2. The SMILES string of the molecule is COC1CC(Nc2cc(F)c(Br)cc2[N+](=O)[O-])C1.